The van der Waals surface area contributed by atoms with Crippen LogP contribution in [0.2, 0.25) is 5.02 Å². The molecule has 0 bridgehead atoms. The second-order valence-corrected chi connectivity index (χ2v) is 8.13. The molecule has 1 heterocycles. The van der Waals surface area contributed by atoms with E-state index in [0.29, 0.717) is 16.5 Å². The maximum absolute atomic E-state index is 12.4. The summed E-state index contributed by atoms with van der Waals surface area (Å²) in [6.45, 7) is 2.73. The van der Waals surface area contributed by atoms with Crippen molar-refractivity contribution in [1.29, 1.82) is 0 Å². The van der Waals surface area contributed by atoms with Crippen LogP contribution in [0, 0.1) is 6.92 Å². The first-order valence-electron chi connectivity index (χ1n) is 6.40. The summed E-state index contributed by atoms with van der Waals surface area (Å²) in [6, 6.07) is 8.81. The van der Waals surface area contributed by atoms with E-state index in [0.717, 1.165) is 15.3 Å². The van der Waals surface area contributed by atoms with E-state index in [2.05, 4.69) is 10.0 Å². The Hall–Kier alpha value is -0.920. The number of hydrogen-bond acceptors (Lipinski definition) is 4. The molecule has 0 saturated heterocycles. The van der Waals surface area contributed by atoms with Crippen molar-refractivity contribution in [3.63, 3.8) is 0 Å². The quantitative estimate of drug-likeness (QED) is 0.847. The van der Waals surface area contributed by atoms with Crippen LogP contribution in [0.3, 0.4) is 0 Å². The van der Waals surface area contributed by atoms with Crippen LogP contribution in [0.1, 0.15) is 15.3 Å². The highest BCUT2D eigenvalue weighted by Crippen LogP contribution is 2.25. The number of thiophene rings is 1. The average Bonchev–Trinajstić information content (AvgIpc) is 2.80. The molecule has 2 aromatic rings. The summed E-state index contributed by atoms with van der Waals surface area (Å²) in [4.78, 5) is 2.15. The maximum atomic E-state index is 12.4. The van der Waals surface area contributed by atoms with Crippen LogP contribution in [0.5, 0.6) is 0 Å². The number of nitrogens with one attached hydrogen (secondary N) is 2. The van der Waals surface area contributed by atoms with Crippen molar-refractivity contribution in [2.75, 3.05) is 7.05 Å². The first-order chi connectivity index (χ1) is 9.92. The first kappa shape index (κ1) is 16.5. The lowest BCUT2D eigenvalue weighted by atomic mass is 10.2. The lowest BCUT2D eigenvalue weighted by Crippen LogP contribution is -2.23. The summed E-state index contributed by atoms with van der Waals surface area (Å²) in [6.07, 6.45) is 0. The maximum Gasteiger partial charge on any atom is 0.241 e. The number of halogens is 1. The van der Waals surface area contributed by atoms with Crippen molar-refractivity contribution in [1.82, 2.24) is 10.0 Å². The van der Waals surface area contributed by atoms with Crippen molar-refractivity contribution in [2.24, 2.45) is 0 Å². The third-order valence-corrected chi connectivity index (χ3v) is 5.90. The van der Waals surface area contributed by atoms with Gasteiger partial charge in [0, 0.05) is 27.9 Å². The van der Waals surface area contributed by atoms with Crippen LogP contribution < -0.4 is 10.0 Å². The highest BCUT2D eigenvalue weighted by Gasteiger charge is 2.19. The molecule has 0 spiro atoms. The molecule has 1 aromatic heterocycles. The zero-order chi connectivity index (χ0) is 15.5. The molecule has 2 rings (SSSR count). The van der Waals surface area contributed by atoms with E-state index in [-0.39, 0.29) is 6.54 Å². The van der Waals surface area contributed by atoms with Crippen LogP contribution in [-0.4, -0.2) is 15.5 Å². The summed E-state index contributed by atoms with van der Waals surface area (Å²) in [5.74, 6) is 0. The number of rotatable bonds is 6. The third-order valence-electron chi connectivity index (χ3n) is 2.94. The molecule has 114 valence electrons. The smallest absolute Gasteiger partial charge is 0.241 e. The Bertz CT molecular complexity index is 709. The summed E-state index contributed by atoms with van der Waals surface area (Å²) in [5.41, 5.74) is 0.867. The molecular weight excluding hydrogens is 328 g/mol. The highest BCUT2D eigenvalue weighted by atomic mass is 35.5. The van der Waals surface area contributed by atoms with Crippen LogP contribution in [0.15, 0.2) is 35.2 Å². The minimum atomic E-state index is -3.50. The van der Waals surface area contributed by atoms with Crippen LogP contribution in [0.4, 0.5) is 0 Å². The lowest BCUT2D eigenvalue weighted by Gasteiger charge is -2.06. The van der Waals surface area contributed by atoms with E-state index < -0.39 is 10.0 Å². The molecule has 0 amide bonds. The summed E-state index contributed by atoms with van der Waals surface area (Å²) in [5, 5.41) is 3.65. The van der Waals surface area contributed by atoms with Crippen molar-refractivity contribution < 1.29 is 8.42 Å². The standard InChI is InChI=1S/C14H17ClN2O2S2/c1-10-14(7-13(20-10)9-16-2)21(18,19)17-8-11-3-5-12(15)6-4-11/h3-7,16-17H,8-9H2,1-2H3. The normalized spacial score (nSPS) is 11.8. The van der Waals surface area contributed by atoms with Gasteiger partial charge in [0.15, 0.2) is 0 Å². The fraction of sp³-hybridized carbons (Fsp3) is 0.286. The van der Waals surface area contributed by atoms with E-state index in [1.807, 2.05) is 14.0 Å². The number of sulfonamides is 1. The number of aryl methyl sites for hydroxylation is 1. The van der Waals surface area contributed by atoms with Gasteiger partial charge in [-0.15, -0.1) is 11.3 Å². The number of benzene rings is 1. The predicted molar refractivity (Wildman–Crippen MR) is 87.3 cm³/mol. The molecule has 0 radical (unpaired) electrons. The Balaban J connectivity index is 2.12. The van der Waals surface area contributed by atoms with E-state index in [9.17, 15) is 8.42 Å². The molecule has 0 aliphatic heterocycles. The molecule has 2 N–H and O–H groups in total. The fourth-order valence-electron chi connectivity index (χ4n) is 1.91. The zero-order valence-electron chi connectivity index (χ0n) is 11.8. The van der Waals surface area contributed by atoms with E-state index in [1.54, 1.807) is 30.3 Å². The molecule has 0 saturated carbocycles. The SMILES string of the molecule is CNCc1cc(S(=O)(=O)NCc2ccc(Cl)cc2)c(C)s1. The van der Waals surface area contributed by atoms with Crippen molar-refractivity contribution in [3.8, 4) is 0 Å². The molecule has 0 atom stereocenters. The highest BCUT2D eigenvalue weighted by molar-refractivity contribution is 7.89. The molecule has 0 fully saturated rings. The minimum Gasteiger partial charge on any atom is -0.315 e. The van der Waals surface area contributed by atoms with E-state index in [4.69, 9.17) is 11.6 Å². The molecule has 1 aromatic carbocycles. The average molecular weight is 345 g/mol. The van der Waals surface area contributed by atoms with Crippen molar-refractivity contribution >= 4 is 33.0 Å². The van der Waals surface area contributed by atoms with Crippen molar-refractivity contribution in [2.45, 2.75) is 24.9 Å². The largest absolute Gasteiger partial charge is 0.315 e. The number of hydrogen-bond donors (Lipinski definition) is 2. The molecule has 0 unspecified atom stereocenters. The van der Waals surface area contributed by atoms with Gasteiger partial charge in [0.05, 0.1) is 4.90 Å². The van der Waals surface area contributed by atoms with E-state index >= 15 is 0 Å². The zero-order valence-corrected chi connectivity index (χ0v) is 14.2. The Morgan fingerprint density at radius 1 is 1.19 bits per heavy atom. The molecule has 4 nitrogen and oxygen atoms in total. The van der Waals surface area contributed by atoms with Crippen molar-refractivity contribution in [3.05, 3.63) is 50.7 Å². The second-order valence-electron chi connectivity index (χ2n) is 4.61. The Kier molecular flexibility index (Phi) is 5.40. The van der Waals surface area contributed by atoms with Gasteiger partial charge < -0.3 is 5.32 Å². The molecule has 0 aliphatic rings. The van der Waals surface area contributed by atoms with Crippen LogP contribution >= 0.6 is 22.9 Å². The fourth-order valence-corrected chi connectivity index (χ4v) is 4.70. The van der Waals surface area contributed by atoms with E-state index in [1.165, 1.54) is 11.3 Å². The van der Waals surface area contributed by atoms with Gasteiger partial charge in [-0.1, -0.05) is 23.7 Å². The van der Waals surface area contributed by atoms with Gasteiger partial charge in [-0.2, -0.15) is 0 Å². The Labute approximate surface area is 134 Å². The lowest BCUT2D eigenvalue weighted by molar-refractivity contribution is 0.581. The summed E-state index contributed by atoms with van der Waals surface area (Å²) >= 11 is 7.30. The molecule has 21 heavy (non-hydrogen) atoms. The topological polar surface area (TPSA) is 58.2 Å². The minimum absolute atomic E-state index is 0.246. The molecular formula is C14H17ClN2O2S2. The second kappa shape index (κ2) is 6.89. The van der Waals surface area contributed by atoms with Gasteiger partial charge in [0.25, 0.3) is 0 Å². The van der Waals surface area contributed by atoms with Crippen LogP contribution in [-0.2, 0) is 23.1 Å². The Morgan fingerprint density at radius 3 is 2.48 bits per heavy atom. The summed E-state index contributed by atoms with van der Waals surface area (Å²) < 4.78 is 27.3. The van der Waals surface area contributed by atoms with Crippen LogP contribution in [0.25, 0.3) is 0 Å². The van der Waals surface area contributed by atoms with Gasteiger partial charge in [-0.3, -0.25) is 0 Å². The Morgan fingerprint density at radius 2 is 1.86 bits per heavy atom. The monoisotopic (exact) mass is 344 g/mol. The van der Waals surface area contributed by atoms with Gasteiger partial charge in [0.1, 0.15) is 0 Å². The molecule has 0 aliphatic carbocycles. The van der Waals surface area contributed by atoms with Gasteiger partial charge in [0.2, 0.25) is 10.0 Å². The van der Waals surface area contributed by atoms with Gasteiger partial charge >= 0.3 is 0 Å². The third kappa shape index (κ3) is 4.28. The molecule has 7 heteroatoms. The van der Waals surface area contributed by atoms with Gasteiger partial charge in [-0.05, 0) is 37.7 Å². The van der Waals surface area contributed by atoms with Gasteiger partial charge in [-0.25, -0.2) is 13.1 Å². The first-order valence-corrected chi connectivity index (χ1v) is 9.08. The summed E-state index contributed by atoms with van der Waals surface area (Å²) in [7, 11) is -1.66. The predicted octanol–water partition coefficient (Wildman–Crippen LogP) is 2.91.